The number of hydrogen-bond acceptors (Lipinski definition) is 6. The molecule has 0 saturated heterocycles. The highest BCUT2D eigenvalue weighted by Crippen LogP contribution is 2.27. The van der Waals surface area contributed by atoms with Crippen molar-refractivity contribution in [3.63, 3.8) is 0 Å². The first-order valence-corrected chi connectivity index (χ1v) is 9.06. The molecule has 134 valence electrons. The van der Waals surface area contributed by atoms with Gasteiger partial charge >= 0.3 is 0 Å². The van der Waals surface area contributed by atoms with Gasteiger partial charge in [0.2, 0.25) is 5.91 Å². The molecule has 0 aliphatic heterocycles. The first kappa shape index (κ1) is 17.0. The van der Waals surface area contributed by atoms with Crippen molar-refractivity contribution in [3.8, 4) is 11.3 Å². The molecule has 0 atom stereocenters. The van der Waals surface area contributed by atoms with Crippen molar-refractivity contribution in [3.05, 3.63) is 70.8 Å². The van der Waals surface area contributed by atoms with Gasteiger partial charge < -0.3 is 5.32 Å². The normalized spacial score (nSPS) is 10.9. The summed E-state index contributed by atoms with van der Waals surface area (Å²) in [5.41, 5.74) is 2.91. The number of hydrogen-bond donors (Lipinski definition) is 1. The molecule has 27 heavy (non-hydrogen) atoms. The fourth-order valence-corrected chi connectivity index (χ4v) is 3.62. The Kier molecular flexibility index (Phi) is 4.47. The Morgan fingerprint density at radius 1 is 1.19 bits per heavy atom. The Morgan fingerprint density at radius 3 is 2.85 bits per heavy atom. The molecule has 0 aliphatic rings. The van der Waals surface area contributed by atoms with Crippen molar-refractivity contribution in [2.45, 2.75) is 13.5 Å². The van der Waals surface area contributed by atoms with Gasteiger partial charge in [0.1, 0.15) is 6.54 Å². The lowest BCUT2D eigenvalue weighted by Crippen LogP contribution is -2.29. The molecule has 3 aromatic heterocycles. The van der Waals surface area contributed by atoms with Gasteiger partial charge in [-0.3, -0.25) is 14.6 Å². The van der Waals surface area contributed by atoms with Crippen molar-refractivity contribution in [2.24, 2.45) is 0 Å². The number of fused-ring (bicyclic) bond motifs is 1. The van der Waals surface area contributed by atoms with Crippen LogP contribution in [0.5, 0.6) is 0 Å². The minimum absolute atomic E-state index is 0.193. The minimum atomic E-state index is -0.357. The summed E-state index contributed by atoms with van der Waals surface area (Å²) in [5, 5.41) is 7.52. The summed E-state index contributed by atoms with van der Waals surface area (Å²) in [7, 11) is 0. The van der Waals surface area contributed by atoms with Crippen LogP contribution in [0, 0.1) is 6.92 Å². The van der Waals surface area contributed by atoms with Crippen molar-refractivity contribution in [2.75, 3.05) is 5.32 Å². The Balaban J connectivity index is 1.55. The Morgan fingerprint density at radius 2 is 2.07 bits per heavy atom. The smallest absolute Gasteiger partial charge is 0.267 e. The molecular formula is C19H15N5O2S. The number of para-hydroxylation sites is 1. The molecule has 0 radical (unpaired) electrons. The SMILES string of the molecule is Cc1cccc2sc(NC(=O)Cn3nc(-c4cccnc4)ccc3=O)nc12. The summed E-state index contributed by atoms with van der Waals surface area (Å²) in [5.74, 6) is -0.357. The predicted molar refractivity (Wildman–Crippen MR) is 105 cm³/mol. The standard InChI is InChI=1S/C19H15N5O2S/c1-12-4-2-6-15-18(12)22-19(27-15)21-16(25)11-24-17(26)8-7-14(23-24)13-5-3-9-20-10-13/h2-10H,11H2,1H3,(H,21,22,25). The van der Waals surface area contributed by atoms with E-state index < -0.39 is 0 Å². The maximum Gasteiger partial charge on any atom is 0.267 e. The topological polar surface area (TPSA) is 89.8 Å². The lowest BCUT2D eigenvalue weighted by atomic mass is 10.2. The lowest BCUT2D eigenvalue weighted by molar-refractivity contribution is -0.117. The van der Waals surface area contributed by atoms with Crippen LogP contribution in [0.4, 0.5) is 5.13 Å². The van der Waals surface area contributed by atoms with Gasteiger partial charge in [-0.1, -0.05) is 23.5 Å². The van der Waals surface area contributed by atoms with E-state index in [2.05, 4.69) is 20.4 Å². The molecule has 0 saturated carbocycles. The number of carbonyl (C=O) groups is 1. The van der Waals surface area contributed by atoms with Gasteiger partial charge in [0.15, 0.2) is 5.13 Å². The fraction of sp³-hybridized carbons (Fsp3) is 0.105. The van der Waals surface area contributed by atoms with Gasteiger partial charge in [-0.25, -0.2) is 9.67 Å². The summed E-state index contributed by atoms with van der Waals surface area (Å²) in [4.78, 5) is 33.0. The van der Waals surface area contributed by atoms with Gasteiger partial charge in [-0.2, -0.15) is 5.10 Å². The van der Waals surface area contributed by atoms with E-state index >= 15 is 0 Å². The molecule has 0 aliphatic carbocycles. The van der Waals surface area contributed by atoms with Crippen molar-refractivity contribution >= 4 is 32.6 Å². The molecule has 4 aromatic rings. The Labute approximate surface area is 158 Å². The van der Waals surface area contributed by atoms with E-state index in [0.29, 0.717) is 10.8 Å². The van der Waals surface area contributed by atoms with E-state index in [4.69, 9.17) is 0 Å². The van der Waals surface area contributed by atoms with Crippen LogP contribution < -0.4 is 10.9 Å². The monoisotopic (exact) mass is 377 g/mol. The highest BCUT2D eigenvalue weighted by Gasteiger charge is 2.12. The number of benzene rings is 1. The van der Waals surface area contributed by atoms with E-state index in [1.165, 1.54) is 17.4 Å². The molecule has 8 heteroatoms. The quantitative estimate of drug-likeness (QED) is 0.591. The summed E-state index contributed by atoms with van der Waals surface area (Å²) in [6.07, 6.45) is 3.31. The molecule has 0 spiro atoms. The van der Waals surface area contributed by atoms with Gasteiger partial charge in [0.05, 0.1) is 15.9 Å². The molecule has 7 nitrogen and oxygen atoms in total. The molecule has 3 heterocycles. The molecule has 1 N–H and O–H groups in total. The Bertz CT molecular complexity index is 1180. The van der Waals surface area contributed by atoms with E-state index in [9.17, 15) is 9.59 Å². The molecule has 1 aromatic carbocycles. The van der Waals surface area contributed by atoms with Gasteiger partial charge in [0, 0.05) is 24.0 Å². The number of thiazole rings is 1. The molecule has 1 amide bonds. The number of aromatic nitrogens is 4. The van der Waals surface area contributed by atoms with Crippen LogP contribution in [0.15, 0.2) is 59.7 Å². The average Bonchev–Trinajstić information content (AvgIpc) is 3.08. The molecule has 4 rings (SSSR count). The zero-order valence-electron chi connectivity index (χ0n) is 14.4. The Hall–Kier alpha value is -3.39. The maximum atomic E-state index is 12.4. The summed E-state index contributed by atoms with van der Waals surface area (Å²) < 4.78 is 2.13. The first-order valence-electron chi connectivity index (χ1n) is 8.25. The summed E-state index contributed by atoms with van der Waals surface area (Å²) >= 11 is 1.40. The molecular weight excluding hydrogens is 362 g/mol. The van der Waals surface area contributed by atoms with Crippen LogP contribution in [0.3, 0.4) is 0 Å². The third-order valence-corrected chi connectivity index (χ3v) is 4.92. The number of rotatable bonds is 4. The first-order chi connectivity index (χ1) is 13.1. The number of amides is 1. The van der Waals surface area contributed by atoms with Crippen molar-refractivity contribution in [1.82, 2.24) is 19.7 Å². The largest absolute Gasteiger partial charge is 0.300 e. The van der Waals surface area contributed by atoms with E-state index in [1.54, 1.807) is 24.5 Å². The lowest BCUT2D eigenvalue weighted by Gasteiger charge is -2.06. The third kappa shape index (κ3) is 3.61. The zero-order valence-corrected chi connectivity index (χ0v) is 15.2. The van der Waals surface area contributed by atoms with Crippen LogP contribution in [0.1, 0.15) is 5.56 Å². The van der Waals surface area contributed by atoms with Crippen LogP contribution in [-0.4, -0.2) is 25.7 Å². The summed E-state index contributed by atoms with van der Waals surface area (Å²) in [6.45, 7) is 1.78. The number of aryl methyl sites for hydroxylation is 1. The van der Waals surface area contributed by atoms with Crippen LogP contribution in [0.25, 0.3) is 21.5 Å². The van der Waals surface area contributed by atoms with Gasteiger partial charge in [-0.15, -0.1) is 0 Å². The number of pyridine rings is 1. The number of carbonyl (C=O) groups excluding carboxylic acids is 1. The number of anilines is 1. The molecule has 0 unspecified atom stereocenters. The highest BCUT2D eigenvalue weighted by atomic mass is 32.1. The highest BCUT2D eigenvalue weighted by molar-refractivity contribution is 7.22. The van der Waals surface area contributed by atoms with E-state index in [1.807, 2.05) is 31.2 Å². The summed E-state index contributed by atoms with van der Waals surface area (Å²) in [6, 6.07) is 12.5. The maximum absolute atomic E-state index is 12.4. The zero-order chi connectivity index (χ0) is 18.8. The van der Waals surface area contributed by atoms with E-state index in [-0.39, 0.29) is 18.0 Å². The molecule has 0 fully saturated rings. The van der Waals surface area contributed by atoms with Crippen molar-refractivity contribution in [1.29, 1.82) is 0 Å². The fourth-order valence-electron chi connectivity index (χ4n) is 2.66. The third-order valence-electron chi connectivity index (χ3n) is 3.98. The molecule has 0 bridgehead atoms. The predicted octanol–water partition coefficient (Wildman–Crippen LogP) is 2.86. The van der Waals surface area contributed by atoms with Crippen molar-refractivity contribution < 1.29 is 4.79 Å². The average molecular weight is 377 g/mol. The minimum Gasteiger partial charge on any atom is -0.300 e. The number of nitrogens with zero attached hydrogens (tertiary/aromatic N) is 4. The second kappa shape index (κ2) is 7.08. The second-order valence-corrected chi connectivity index (χ2v) is 6.98. The van der Waals surface area contributed by atoms with Gasteiger partial charge in [0.25, 0.3) is 5.56 Å². The van der Waals surface area contributed by atoms with Crippen LogP contribution in [-0.2, 0) is 11.3 Å². The van der Waals surface area contributed by atoms with Crippen LogP contribution in [0.2, 0.25) is 0 Å². The van der Waals surface area contributed by atoms with Crippen LogP contribution >= 0.6 is 11.3 Å². The van der Waals surface area contributed by atoms with E-state index in [0.717, 1.165) is 26.0 Å². The second-order valence-electron chi connectivity index (χ2n) is 5.95. The van der Waals surface area contributed by atoms with Gasteiger partial charge in [-0.05, 0) is 36.8 Å². The number of nitrogens with one attached hydrogen (secondary N) is 1.